The Kier molecular flexibility index (Phi) is 3.99. The van der Waals surface area contributed by atoms with E-state index in [9.17, 15) is 18.0 Å². The summed E-state index contributed by atoms with van der Waals surface area (Å²) in [6.45, 7) is 2.30. The lowest BCUT2D eigenvalue weighted by Gasteiger charge is -2.41. The van der Waals surface area contributed by atoms with E-state index in [1.807, 2.05) is 0 Å². The summed E-state index contributed by atoms with van der Waals surface area (Å²) in [6, 6.07) is 5.54. The summed E-state index contributed by atoms with van der Waals surface area (Å²) in [5.74, 6) is -0.0276. The van der Waals surface area contributed by atoms with Crippen LogP contribution in [0.15, 0.2) is 29.2 Å². The predicted molar refractivity (Wildman–Crippen MR) is 80.4 cm³/mol. The van der Waals surface area contributed by atoms with E-state index < -0.39 is 22.1 Å². The van der Waals surface area contributed by atoms with Crippen molar-refractivity contribution < 1.29 is 22.7 Å². The molecule has 0 aromatic heterocycles. The van der Waals surface area contributed by atoms with Gasteiger partial charge in [0, 0.05) is 13.1 Å². The van der Waals surface area contributed by atoms with Crippen molar-refractivity contribution in [2.75, 3.05) is 26.2 Å². The van der Waals surface area contributed by atoms with Crippen LogP contribution in [0.5, 0.6) is 5.75 Å². The maximum Gasteiger partial charge on any atom is 0.324 e. The maximum absolute atomic E-state index is 12.7. The van der Waals surface area contributed by atoms with Gasteiger partial charge in [-0.15, -0.1) is 0 Å². The lowest BCUT2D eigenvalue weighted by Crippen LogP contribution is -2.62. The van der Waals surface area contributed by atoms with Crippen LogP contribution >= 0.6 is 0 Å². The monoisotopic (exact) mass is 339 g/mol. The standard InChI is InChI=1S/C14H17N3O5S/c1-2-22-11-5-3-4-6-12(11)23(20,21)16-8-10(9-16)17-13(18)7-15-14(17)19/h3-6,10H,2,7-9H2,1H3,(H,15,19). The van der Waals surface area contributed by atoms with E-state index in [0.717, 1.165) is 4.90 Å². The second-order valence-electron chi connectivity index (χ2n) is 5.28. The second-order valence-corrected chi connectivity index (χ2v) is 7.18. The molecule has 1 N–H and O–H groups in total. The van der Waals surface area contributed by atoms with Crippen LogP contribution in [0, 0.1) is 0 Å². The summed E-state index contributed by atoms with van der Waals surface area (Å²) < 4.78 is 32.0. The first-order chi connectivity index (χ1) is 10.9. The zero-order valence-corrected chi connectivity index (χ0v) is 13.4. The summed E-state index contributed by atoms with van der Waals surface area (Å²) in [4.78, 5) is 24.4. The van der Waals surface area contributed by atoms with Crippen molar-refractivity contribution in [3.8, 4) is 5.75 Å². The molecule has 2 saturated heterocycles. The summed E-state index contributed by atoms with van der Waals surface area (Å²) >= 11 is 0. The molecule has 2 heterocycles. The van der Waals surface area contributed by atoms with E-state index in [0.29, 0.717) is 12.4 Å². The Morgan fingerprint density at radius 1 is 1.26 bits per heavy atom. The molecule has 3 amide bonds. The summed E-state index contributed by atoms with van der Waals surface area (Å²) in [7, 11) is -3.71. The minimum absolute atomic E-state index is 0.0325. The average molecular weight is 339 g/mol. The molecule has 2 aliphatic rings. The first-order valence-electron chi connectivity index (χ1n) is 7.27. The Hall–Kier alpha value is -2.13. The van der Waals surface area contributed by atoms with Gasteiger partial charge in [-0.1, -0.05) is 12.1 Å². The van der Waals surface area contributed by atoms with Crippen molar-refractivity contribution in [1.29, 1.82) is 0 Å². The van der Waals surface area contributed by atoms with Gasteiger partial charge in [0.1, 0.15) is 10.6 Å². The van der Waals surface area contributed by atoms with E-state index in [1.165, 1.54) is 10.4 Å². The molecule has 0 unspecified atom stereocenters. The van der Waals surface area contributed by atoms with Gasteiger partial charge in [-0.3, -0.25) is 9.69 Å². The number of amides is 3. The third kappa shape index (κ3) is 2.66. The number of rotatable bonds is 5. The fraction of sp³-hybridized carbons (Fsp3) is 0.429. The number of carbonyl (C=O) groups is 2. The minimum atomic E-state index is -3.71. The molecule has 2 fully saturated rings. The lowest BCUT2D eigenvalue weighted by molar-refractivity contribution is -0.128. The highest BCUT2D eigenvalue weighted by Gasteiger charge is 2.46. The fourth-order valence-corrected chi connectivity index (χ4v) is 4.30. The topological polar surface area (TPSA) is 96.0 Å². The molecule has 8 nitrogen and oxygen atoms in total. The van der Waals surface area contributed by atoms with Crippen LogP contribution in [-0.2, 0) is 14.8 Å². The van der Waals surface area contributed by atoms with E-state index >= 15 is 0 Å². The molecule has 2 aliphatic heterocycles. The largest absolute Gasteiger partial charge is 0.492 e. The summed E-state index contributed by atoms with van der Waals surface area (Å²) in [6.07, 6.45) is 0. The number of ether oxygens (including phenoxy) is 1. The van der Waals surface area contributed by atoms with Gasteiger partial charge >= 0.3 is 6.03 Å². The number of hydrogen-bond donors (Lipinski definition) is 1. The van der Waals surface area contributed by atoms with Crippen LogP contribution in [0.3, 0.4) is 0 Å². The van der Waals surface area contributed by atoms with E-state index in [-0.39, 0.29) is 30.4 Å². The lowest BCUT2D eigenvalue weighted by atomic mass is 10.1. The van der Waals surface area contributed by atoms with Gasteiger partial charge in [0.05, 0.1) is 19.2 Å². The molecular weight excluding hydrogens is 322 g/mol. The molecule has 0 bridgehead atoms. The first-order valence-corrected chi connectivity index (χ1v) is 8.71. The van der Waals surface area contributed by atoms with Gasteiger partial charge in [0.25, 0.3) is 0 Å². The molecule has 23 heavy (non-hydrogen) atoms. The normalized spacial score (nSPS) is 19.6. The van der Waals surface area contributed by atoms with E-state index in [4.69, 9.17) is 4.74 Å². The molecule has 0 spiro atoms. The number of para-hydroxylation sites is 1. The van der Waals surface area contributed by atoms with Gasteiger partial charge in [0.15, 0.2) is 0 Å². The number of sulfonamides is 1. The average Bonchev–Trinajstić information content (AvgIpc) is 2.78. The number of hydrogen-bond acceptors (Lipinski definition) is 5. The molecule has 124 valence electrons. The Balaban J connectivity index is 1.76. The summed E-state index contributed by atoms with van der Waals surface area (Å²) in [5.41, 5.74) is 0. The molecule has 0 atom stereocenters. The minimum Gasteiger partial charge on any atom is -0.492 e. The van der Waals surface area contributed by atoms with Crippen LogP contribution in [0.4, 0.5) is 4.79 Å². The van der Waals surface area contributed by atoms with Crippen molar-refractivity contribution in [3.63, 3.8) is 0 Å². The van der Waals surface area contributed by atoms with Crippen molar-refractivity contribution >= 4 is 22.0 Å². The Bertz CT molecular complexity index is 727. The van der Waals surface area contributed by atoms with Gasteiger partial charge in [0.2, 0.25) is 15.9 Å². The van der Waals surface area contributed by atoms with Crippen molar-refractivity contribution in [3.05, 3.63) is 24.3 Å². The maximum atomic E-state index is 12.7. The van der Waals surface area contributed by atoms with Crippen LogP contribution in [0.1, 0.15) is 6.92 Å². The predicted octanol–water partition coefficient (Wildman–Crippen LogP) is 0.0100. The highest BCUT2D eigenvalue weighted by atomic mass is 32.2. The van der Waals surface area contributed by atoms with Crippen LogP contribution in [-0.4, -0.2) is 61.8 Å². The zero-order chi connectivity index (χ0) is 16.6. The number of imide groups is 1. The van der Waals surface area contributed by atoms with Crippen LogP contribution in [0.2, 0.25) is 0 Å². The van der Waals surface area contributed by atoms with Gasteiger partial charge < -0.3 is 10.1 Å². The van der Waals surface area contributed by atoms with Crippen LogP contribution in [0.25, 0.3) is 0 Å². The molecule has 1 aromatic carbocycles. The fourth-order valence-electron chi connectivity index (χ4n) is 2.66. The van der Waals surface area contributed by atoms with E-state index in [1.54, 1.807) is 25.1 Å². The van der Waals surface area contributed by atoms with Gasteiger partial charge in [-0.05, 0) is 19.1 Å². The van der Waals surface area contributed by atoms with E-state index in [2.05, 4.69) is 5.32 Å². The smallest absolute Gasteiger partial charge is 0.324 e. The molecule has 9 heteroatoms. The van der Waals surface area contributed by atoms with Gasteiger partial charge in [-0.25, -0.2) is 13.2 Å². The number of urea groups is 1. The second kappa shape index (κ2) is 5.82. The number of benzene rings is 1. The third-order valence-corrected chi connectivity index (χ3v) is 5.71. The van der Waals surface area contributed by atoms with Crippen molar-refractivity contribution in [1.82, 2.24) is 14.5 Å². The highest BCUT2D eigenvalue weighted by molar-refractivity contribution is 7.89. The first kappa shape index (κ1) is 15.8. The summed E-state index contributed by atoms with van der Waals surface area (Å²) in [5, 5.41) is 2.43. The molecule has 3 rings (SSSR count). The highest BCUT2D eigenvalue weighted by Crippen LogP contribution is 2.30. The van der Waals surface area contributed by atoms with Crippen molar-refractivity contribution in [2.45, 2.75) is 17.9 Å². The molecular formula is C14H17N3O5S. The number of nitrogens with one attached hydrogen (secondary N) is 1. The van der Waals surface area contributed by atoms with Gasteiger partial charge in [-0.2, -0.15) is 4.31 Å². The SMILES string of the molecule is CCOc1ccccc1S(=O)(=O)N1CC(N2C(=O)CNC2=O)C1. The third-order valence-electron chi connectivity index (χ3n) is 3.84. The quantitative estimate of drug-likeness (QED) is 0.763. The molecule has 1 aromatic rings. The Morgan fingerprint density at radius 3 is 2.57 bits per heavy atom. The number of carbonyl (C=O) groups excluding carboxylic acids is 2. The number of nitrogens with zero attached hydrogens (tertiary/aromatic N) is 2. The van der Waals surface area contributed by atoms with Crippen molar-refractivity contribution in [2.24, 2.45) is 0 Å². The zero-order valence-electron chi connectivity index (χ0n) is 12.6. The molecule has 0 radical (unpaired) electrons. The molecule has 0 saturated carbocycles. The Morgan fingerprint density at radius 2 is 1.96 bits per heavy atom. The molecule has 0 aliphatic carbocycles. The van der Waals surface area contributed by atoms with Crippen LogP contribution < -0.4 is 10.1 Å². The Labute approximate surface area is 134 Å².